The maximum atomic E-state index is 13.4. The Kier molecular flexibility index (Phi) is 2.77. The Balaban J connectivity index is 1.77. The number of benzene rings is 1. The van der Waals surface area contributed by atoms with Crippen LogP contribution >= 0.6 is 0 Å². The van der Waals surface area contributed by atoms with Gasteiger partial charge in [-0.2, -0.15) is 0 Å². The molecule has 3 aliphatic carbocycles. The number of allylic oxidation sites excluding steroid dienone is 1. The molecule has 1 aromatic carbocycles. The highest BCUT2D eigenvalue weighted by Crippen LogP contribution is 2.70. The Bertz CT molecular complexity index is 946. The van der Waals surface area contributed by atoms with Crippen molar-refractivity contribution in [3.05, 3.63) is 53.1 Å². The van der Waals surface area contributed by atoms with Gasteiger partial charge in [0.05, 0.1) is 18.6 Å². The number of rotatable bonds is 1. The molecule has 5 atom stereocenters. The Labute approximate surface area is 149 Å². The van der Waals surface area contributed by atoms with Crippen LogP contribution in [0.4, 0.5) is 0 Å². The van der Waals surface area contributed by atoms with Crippen LogP contribution in [0.2, 0.25) is 0 Å². The third-order valence-electron chi connectivity index (χ3n) is 6.18. The molecule has 1 aliphatic heterocycles. The van der Waals surface area contributed by atoms with Crippen LogP contribution in [0.5, 0.6) is 5.75 Å². The molecule has 1 fully saturated rings. The second kappa shape index (κ2) is 4.52. The fraction of sp³-hybridized carbons (Fsp3) is 0.400. The summed E-state index contributed by atoms with van der Waals surface area (Å²) in [7, 11) is 1.47. The van der Waals surface area contributed by atoms with E-state index in [1.807, 2.05) is 0 Å². The highest BCUT2D eigenvalue weighted by atomic mass is 16.7. The molecule has 1 saturated heterocycles. The molecule has 134 valence electrons. The van der Waals surface area contributed by atoms with E-state index in [0.717, 1.165) is 5.57 Å². The van der Waals surface area contributed by atoms with E-state index >= 15 is 0 Å². The number of carbonyl (C=O) groups is 2. The number of ether oxygens (including phenoxy) is 2. The summed E-state index contributed by atoms with van der Waals surface area (Å²) in [6, 6.07) is 4.92. The third kappa shape index (κ3) is 1.50. The quantitative estimate of drug-likeness (QED) is 0.582. The third-order valence-corrected chi connectivity index (χ3v) is 6.18. The molecule has 5 unspecified atom stereocenters. The number of aliphatic hydroxyl groups is 2. The van der Waals surface area contributed by atoms with Gasteiger partial charge < -0.3 is 19.7 Å². The number of aliphatic hydroxyl groups excluding tert-OH is 1. The molecule has 0 radical (unpaired) electrons. The van der Waals surface area contributed by atoms with Crippen molar-refractivity contribution >= 4 is 11.6 Å². The molecule has 5 rings (SSSR count). The summed E-state index contributed by atoms with van der Waals surface area (Å²) in [5, 5.41) is 22.2. The second-order valence-corrected chi connectivity index (χ2v) is 7.61. The number of epoxide rings is 1. The van der Waals surface area contributed by atoms with Crippen molar-refractivity contribution < 1.29 is 29.3 Å². The fourth-order valence-corrected chi connectivity index (χ4v) is 5.15. The molecule has 0 saturated carbocycles. The predicted octanol–water partition coefficient (Wildman–Crippen LogP) is 1.27. The summed E-state index contributed by atoms with van der Waals surface area (Å²) in [6.07, 6.45) is 3.59. The van der Waals surface area contributed by atoms with Crippen LogP contribution in [0, 0.1) is 5.92 Å². The molecular weight excluding hydrogens is 336 g/mol. The molecule has 0 aromatic heterocycles. The van der Waals surface area contributed by atoms with Crippen molar-refractivity contribution in [2.24, 2.45) is 5.92 Å². The van der Waals surface area contributed by atoms with Crippen LogP contribution in [0.3, 0.4) is 0 Å². The maximum absolute atomic E-state index is 13.4. The van der Waals surface area contributed by atoms with Gasteiger partial charge >= 0.3 is 0 Å². The van der Waals surface area contributed by atoms with Crippen molar-refractivity contribution in [2.45, 2.75) is 36.3 Å². The Morgan fingerprint density at radius 3 is 2.77 bits per heavy atom. The first kappa shape index (κ1) is 15.9. The van der Waals surface area contributed by atoms with Crippen molar-refractivity contribution in [1.29, 1.82) is 0 Å². The van der Waals surface area contributed by atoms with Crippen molar-refractivity contribution in [3.8, 4) is 5.75 Å². The van der Waals surface area contributed by atoms with Crippen LogP contribution in [-0.2, 0) is 9.53 Å². The summed E-state index contributed by atoms with van der Waals surface area (Å²) in [6.45, 7) is 1.77. The van der Waals surface area contributed by atoms with Crippen LogP contribution in [-0.4, -0.2) is 45.7 Å². The first-order valence-corrected chi connectivity index (χ1v) is 8.54. The molecule has 6 nitrogen and oxygen atoms in total. The molecule has 2 N–H and O–H groups in total. The fourth-order valence-electron chi connectivity index (χ4n) is 5.15. The number of hydrogen-bond acceptors (Lipinski definition) is 6. The zero-order valence-corrected chi connectivity index (χ0v) is 14.4. The lowest BCUT2D eigenvalue weighted by Gasteiger charge is -2.44. The zero-order chi connectivity index (χ0) is 18.5. The summed E-state index contributed by atoms with van der Waals surface area (Å²) in [5.74, 6) is -1.44. The number of carbonyl (C=O) groups excluding carboxylic acids is 2. The van der Waals surface area contributed by atoms with E-state index in [-0.39, 0.29) is 17.8 Å². The maximum Gasteiger partial charge on any atom is 0.199 e. The van der Waals surface area contributed by atoms with Gasteiger partial charge in [-0.05, 0) is 25.1 Å². The molecule has 4 aliphatic rings. The first-order chi connectivity index (χ1) is 12.3. The van der Waals surface area contributed by atoms with Crippen LogP contribution in [0.15, 0.2) is 42.0 Å². The van der Waals surface area contributed by atoms with E-state index < -0.39 is 34.6 Å². The smallest absolute Gasteiger partial charge is 0.199 e. The van der Waals surface area contributed by atoms with Crippen molar-refractivity contribution in [3.63, 3.8) is 0 Å². The monoisotopic (exact) mass is 354 g/mol. The number of hydrogen-bond donors (Lipinski definition) is 2. The molecule has 0 bridgehead atoms. The minimum atomic E-state index is -1.58. The number of fused-ring (bicyclic) bond motifs is 2. The van der Waals surface area contributed by atoms with E-state index in [1.54, 1.807) is 31.2 Å². The largest absolute Gasteiger partial charge is 0.496 e. The second-order valence-electron chi connectivity index (χ2n) is 7.61. The van der Waals surface area contributed by atoms with E-state index in [2.05, 4.69) is 0 Å². The number of ketones is 2. The predicted molar refractivity (Wildman–Crippen MR) is 89.8 cm³/mol. The molecule has 0 spiro atoms. The van der Waals surface area contributed by atoms with E-state index in [0.29, 0.717) is 11.3 Å². The normalized spacial score (nSPS) is 42.2. The Morgan fingerprint density at radius 2 is 2.04 bits per heavy atom. The van der Waals surface area contributed by atoms with Gasteiger partial charge in [0.25, 0.3) is 0 Å². The van der Waals surface area contributed by atoms with E-state index in [1.165, 1.54) is 19.3 Å². The standard InChI is InChI=1S/C20H18O6/c1-10-8-12(21)15-18(24,9-10)6-7-19-17(23)14-11(4-3-5-13(14)25-2)16(22)20(15,19)26-19/h3-8,15,17,23-24H,9H2,1-2H3. The summed E-state index contributed by atoms with van der Waals surface area (Å²) in [4.78, 5) is 26.2. The lowest BCUT2D eigenvalue weighted by atomic mass is 9.56. The van der Waals surface area contributed by atoms with Gasteiger partial charge in [-0.3, -0.25) is 9.59 Å². The summed E-state index contributed by atoms with van der Waals surface area (Å²) in [5.41, 5.74) is -3.06. The van der Waals surface area contributed by atoms with Crippen molar-refractivity contribution in [1.82, 2.24) is 0 Å². The van der Waals surface area contributed by atoms with Crippen LogP contribution < -0.4 is 4.74 Å². The topological polar surface area (TPSA) is 96.4 Å². The molecule has 0 amide bonds. The number of Topliss-reactive ketones (excluding diaryl/α,β-unsaturated/α-hetero) is 1. The Hall–Kier alpha value is -2.28. The van der Waals surface area contributed by atoms with Crippen molar-refractivity contribution in [2.75, 3.05) is 7.11 Å². The molecule has 1 heterocycles. The molecule has 6 heteroatoms. The van der Waals surface area contributed by atoms with Crippen LogP contribution in [0.25, 0.3) is 0 Å². The molecule has 1 aromatic rings. The van der Waals surface area contributed by atoms with Gasteiger partial charge in [-0.25, -0.2) is 0 Å². The minimum absolute atomic E-state index is 0.245. The summed E-state index contributed by atoms with van der Waals surface area (Å²) >= 11 is 0. The highest BCUT2D eigenvalue weighted by Gasteiger charge is 2.86. The van der Waals surface area contributed by atoms with E-state index in [4.69, 9.17) is 9.47 Å². The lowest BCUT2D eigenvalue weighted by molar-refractivity contribution is -0.129. The lowest BCUT2D eigenvalue weighted by Crippen LogP contribution is -2.61. The van der Waals surface area contributed by atoms with Gasteiger partial charge in [-0.15, -0.1) is 0 Å². The molecular formula is C20H18O6. The van der Waals surface area contributed by atoms with Gasteiger partial charge in [0, 0.05) is 17.5 Å². The average Bonchev–Trinajstić information content (AvgIpc) is 3.29. The zero-order valence-electron chi connectivity index (χ0n) is 14.4. The first-order valence-electron chi connectivity index (χ1n) is 8.54. The SMILES string of the molecule is COc1cccc2c1C(O)C13C=CC4(O)CC(C)=CC(=O)C4C1(O3)C2=O. The van der Waals surface area contributed by atoms with Gasteiger partial charge in [0.2, 0.25) is 0 Å². The average molecular weight is 354 g/mol. The summed E-state index contributed by atoms with van der Waals surface area (Å²) < 4.78 is 11.2. The highest BCUT2D eigenvalue weighted by molar-refractivity contribution is 6.14. The van der Waals surface area contributed by atoms with Gasteiger partial charge in [0.1, 0.15) is 11.9 Å². The Morgan fingerprint density at radius 1 is 1.27 bits per heavy atom. The van der Waals surface area contributed by atoms with Gasteiger partial charge in [-0.1, -0.05) is 23.8 Å². The van der Waals surface area contributed by atoms with Gasteiger partial charge in [0.15, 0.2) is 22.8 Å². The minimum Gasteiger partial charge on any atom is -0.496 e. The van der Waals surface area contributed by atoms with E-state index in [9.17, 15) is 19.8 Å². The van der Waals surface area contributed by atoms with Crippen LogP contribution in [0.1, 0.15) is 35.4 Å². The number of methoxy groups -OCH3 is 1. The molecule has 26 heavy (non-hydrogen) atoms.